The fraction of sp³-hybridized carbons (Fsp3) is 0.577. The highest BCUT2D eigenvalue weighted by molar-refractivity contribution is 5.71. The number of unbranched alkanes of at least 4 members (excludes halogenated alkanes) is 15. The molecule has 0 aromatic carbocycles. The Labute approximate surface area is 532 Å². The van der Waals surface area contributed by atoms with Crippen LogP contribution in [0.4, 0.5) is 0 Å². The summed E-state index contributed by atoms with van der Waals surface area (Å²) in [6.45, 7) is 4.60. The summed E-state index contributed by atoms with van der Waals surface area (Å²) in [5, 5.41) is 9.74. The summed E-state index contributed by atoms with van der Waals surface area (Å²) in [7, 11) is 5.95. The Morgan fingerprint density at radius 1 is 0.345 bits per heavy atom. The number of hydrogen-bond acceptors (Lipinski definition) is 7. The van der Waals surface area contributed by atoms with E-state index in [1.807, 2.05) is 21.1 Å². The first-order valence-electron chi connectivity index (χ1n) is 33.9. The lowest BCUT2D eigenvalue weighted by atomic mass is 10.1. The number of likely N-dealkylation sites (N-methyl/N-ethyl adjacent to an activating group) is 1. The maximum Gasteiger partial charge on any atom is 0.361 e. The quantitative estimate of drug-likeness (QED) is 0.0211. The van der Waals surface area contributed by atoms with Gasteiger partial charge in [0, 0.05) is 12.8 Å². The third kappa shape index (κ3) is 67.8. The van der Waals surface area contributed by atoms with Crippen LogP contribution in [0, 0.1) is 0 Å². The second-order valence-electron chi connectivity index (χ2n) is 23.0. The van der Waals surface area contributed by atoms with E-state index in [1.165, 1.54) is 44.9 Å². The van der Waals surface area contributed by atoms with Crippen LogP contribution in [0.1, 0.15) is 232 Å². The molecule has 0 fully saturated rings. The van der Waals surface area contributed by atoms with Crippen molar-refractivity contribution < 1.29 is 42.9 Å². The first-order valence-corrected chi connectivity index (χ1v) is 33.9. The number of carbonyl (C=O) groups is 3. The first-order chi connectivity index (χ1) is 42.6. The summed E-state index contributed by atoms with van der Waals surface area (Å²) in [5.74, 6) is -2.05. The summed E-state index contributed by atoms with van der Waals surface area (Å²) in [4.78, 5) is 37.6. The number of carboxylic acids is 1. The van der Waals surface area contributed by atoms with Crippen LogP contribution >= 0.6 is 0 Å². The highest BCUT2D eigenvalue weighted by atomic mass is 16.7. The molecule has 0 amide bonds. The molecule has 0 aromatic rings. The van der Waals surface area contributed by atoms with Crippen molar-refractivity contribution in [2.75, 3.05) is 47.5 Å². The Balaban J connectivity index is 4.23. The summed E-state index contributed by atoms with van der Waals surface area (Å²) < 4.78 is 22.9. The smallest absolute Gasteiger partial charge is 0.361 e. The van der Waals surface area contributed by atoms with Crippen molar-refractivity contribution in [2.45, 2.75) is 245 Å². The van der Waals surface area contributed by atoms with E-state index in [-0.39, 0.29) is 38.6 Å². The molecule has 0 radical (unpaired) electrons. The molecule has 9 nitrogen and oxygen atoms in total. The van der Waals surface area contributed by atoms with Gasteiger partial charge < -0.3 is 28.5 Å². The second kappa shape index (κ2) is 66.3. The van der Waals surface area contributed by atoms with Crippen LogP contribution in [0.2, 0.25) is 0 Å². The molecule has 2 atom stereocenters. The van der Waals surface area contributed by atoms with Gasteiger partial charge in [0.1, 0.15) is 13.2 Å². The van der Waals surface area contributed by atoms with Crippen LogP contribution in [-0.4, -0.2) is 87.4 Å². The molecule has 0 aliphatic carbocycles. The Bertz CT molecular complexity index is 2080. The van der Waals surface area contributed by atoms with Crippen LogP contribution in [0.25, 0.3) is 0 Å². The zero-order valence-corrected chi connectivity index (χ0v) is 55.6. The molecule has 0 saturated carbocycles. The lowest BCUT2D eigenvalue weighted by molar-refractivity contribution is -0.870. The fourth-order valence-electron chi connectivity index (χ4n) is 8.54. The van der Waals surface area contributed by atoms with E-state index in [1.54, 1.807) is 0 Å². The number of hydrogen-bond donors (Lipinski definition) is 1. The van der Waals surface area contributed by atoms with Crippen molar-refractivity contribution in [3.63, 3.8) is 0 Å². The van der Waals surface area contributed by atoms with Crippen molar-refractivity contribution in [1.29, 1.82) is 0 Å². The summed E-state index contributed by atoms with van der Waals surface area (Å²) in [6.07, 6.45) is 98.4. The Hall–Kier alpha value is -5.61. The molecule has 0 aromatic heterocycles. The van der Waals surface area contributed by atoms with E-state index in [2.05, 4.69) is 196 Å². The summed E-state index contributed by atoms with van der Waals surface area (Å²) in [6, 6.07) is 0. The van der Waals surface area contributed by atoms with Crippen molar-refractivity contribution in [3.8, 4) is 0 Å². The zero-order chi connectivity index (χ0) is 63.3. The molecule has 87 heavy (non-hydrogen) atoms. The minimum absolute atomic E-state index is 0.174. The SMILES string of the molecule is CC/C=C\C/C=C\C/C=C\C/C=C\C/C=C\C/C=C\C/C=C\C/C=C\C/C=C\C/C=C\CCCCCCCCCCC(=O)OC(COC(=O)CCCCCCCCC/C=C\C/C=C\C/C=C\C/C=C\C/C=C\CC)COC(OCC[N+](C)(C)C)C(=O)O. The van der Waals surface area contributed by atoms with Crippen molar-refractivity contribution in [3.05, 3.63) is 182 Å². The van der Waals surface area contributed by atoms with Gasteiger partial charge in [-0.25, -0.2) is 4.79 Å². The molecular formula is C78H124NO8+. The average molecular weight is 1200 g/mol. The van der Waals surface area contributed by atoms with Gasteiger partial charge in [-0.05, 0) is 135 Å². The second-order valence-corrected chi connectivity index (χ2v) is 23.0. The van der Waals surface area contributed by atoms with Crippen LogP contribution in [-0.2, 0) is 33.3 Å². The van der Waals surface area contributed by atoms with Gasteiger partial charge in [-0.15, -0.1) is 0 Å². The number of carbonyl (C=O) groups excluding carboxylic acids is 2. The molecule has 0 bridgehead atoms. The van der Waals surface area contributed by atoms with Gasteiger partial charge in [-0.1, -0.05) is 267 Å². The van der Waals surface area contributed by atoms with Gasteiger partial charge in [0.2, 0.25) is 0 Å². The molecule has 0 rings (SSSR count). The van der Waals surface area contributed by atoms with Crippen LogP contribution in [0.3, 0.4) is 0 Å². The number of aliphatic carboxylic acids is 1. The van der Waals surface area contributed by atoms with Gasteiger partial charge >= 0.3 is 17.9 Å². The lowest BCUT2D eigenvalue weighted by Gasteiger charge is -2.25. The molecule has 0 heterocycles. The van der Waals surface area contributed by atoms with Crippen molar-refractivity contribution in [2.24, 2.45) is 0 Å². The molecule has 1 N–H and O–H groups in total. The maximum atomic E-state index is 12.9. The number of carboxylic acid groups (broad SMARTS) is 1. The molecule has 2 unspecified atom stereocenters. The van der Waals surface area contributed by atoms with Gasteiger partial charge in [0.15, 0.2) is 6.10 Å². The van der Waals surface area contributed by atoms with Crippen molar-refractivity contribution >= 4 is 17.9 Å². The fourth-order valence-corrected chi connectivity index (χ4v) is 8.54. The van der Waals surface area contributed by atoms with Gasteiger partial charge in [-0.3, -0.25) is 9.59 Å². The molecule has 0 aliphatic heterocycles. The molecular weight excluding hydrogens is 1080 g/mol. The summed E-state index contributed by atoms with van der Waals surface area (Å²) in [5.41, 5.74) is 0. The number of allylic oxidation sites excluding steroid dienone is 30. The minimum atomic E-state index is -1.53. The number of ether oxygens (including phenoxy) is 4. The van der Waals surface area contributed by atoms with Crippen LogP contribution < -0.4 is 0 Å². The van der Waals surface area contributed by atoms with E-state index < -0.39 is 24.3 Å². The molecule has 0 spiro atoms. The molecule has 0 aliphatic rings. The third-order valence-corrected chi connectivity index (χ3v) is 13.7. The Morgan fingerprint density at radius 3 is 0.920 bits per heavy atom. The average Bonchev–Trinajstić information content (AvgIpc) is 3.55. The number of quaternary nitrogens is 1. The largest absolute Gasteiger partial charge is 0.477 e. The van der Waals surface area contributed by atoms with E-state index in [4.69, 9.17) is 18.9 Å². The van der Waals surface area contributed by atoms with Gasteiger partial charge in [-0.2, -0.15) is 0 Å². The van der Waals surface area contributed by atoms with E-state index in [0.717, 1.165) is 154 Å². The topological polar surface area (TPSA) is 108 Å². The summed E-state index contributed by atoms with van der Waals surface area (Å²) >= 11 is 0. The van der Waals surface area contributed by atoms with Crippen LogP contribution in [0.5, 0.6) is 0 Å². The van der Waals surface area contributed by atoms with E-state index >= 15 is 0 Å². The minimum Gasteiger partial charge on any atom is -0.477 e. The monoisotopic (exact) mass is 1200 g/mol. The Morgan fingerprint density at radius 2 is 0.621 bits per heavy atom. The molecule has 0 saturated heterocycles. The highest BCUT2D eigenvalue weighted by Gasteiger charge is 2.25. The van der Waals surface area contributed by atoms with Crippen molar-refractivity contribution in [1.82, 2.24) is 0 Å². The normalized spacial score (nSPS) is 13.9. The molecule has 488 valence electrons. The Kier molecular flexibility index (Phi) is 62.1. The number of esters is 2. The first kappa shape index (κ1) is 81.4. The van der Waals surface area contributed by atoms with Gasteiger partial charge in [0.25, 0.3) is 6.29 Å². The number of nitrogens with zero attached hydrogens (tertiary/aromatic N) is 1. The molecule has 9 heteroatoms. The third-order valence-electron chi connectivity index (χ3n) is 13.7. The maximum absolute atomic E-state index is 12.9. The number of rotatable bonds is 60. The predicted molar refractivity (Wildman–Crippen MR) is 372 cm³/mol. The zero-order valence-electron chi connectivity index (χ0n) is 55.6. The van der Waals surface area contributed by atoms with E-state index in [0.29, 0.717) is 17.4 Å². The predicted octanol–water partition coefficient (Wildman–Crippen LogP) is 21.2. The highest BCUT2D eigenvalue weighted by Crippen LogP contribution is 2.15. The van der Waals surface area contributed by atoms with E-state index in [9.17, 15) is 19.5 Å². The van der Waals surface area contributed by atoms with Gasteiger partial charge in [0.05, 0.1) is 34.4 Å². The lowest BCUT2D eigenvalue weighted by Crippen LogP contribution is -2.40. The van der Waals surface area contributed by atoms with Crippen LogP contribution in [0.15, 0.2) is 182 Å². The standard InChI is InChI=1S/C78H123NO8/c1-6-8-10-12-14-16-18-20-22-24-26-28-30-31-32-33-34-35-36-37-38-39-40-41-42-43-44-45-47-49-51-53-55-57-59-61-63-65-67-69-76(81)87-74(73-86-78(77(82)83)84-71-70-79(3,4)5)72-85-75(80)68-66-64-62-60-58-56-54-52-50-48-46-29-27-25-23-21-19-17-15-13-11-9-7-2/h8-11,14-17,20-23,26-29,31-32,34-35,37-38,40-41,43-44,47-50,74,78H,6-7,12-13,18-19,24-25,30,33,36,39,42,45-46,51-73H2,1-5H3/p+1/b10-8-,11-9-,16-14-,17-15-,22-20-,23-21-,28-26-,29-27-,32-31-,35-34-,38-37-,41-40-,44-43-,49-47-,50-48-.